The highest BCUT2D eigenvalue weighted by molar-refractivity contribution is 6.39. The number of hydrogen-bond donors (Lipinski definition) is 1. The Bertz CT molecular complexity index is 1070. The van der Waals surface area contributed by atoms with Gasteiger partial charge in [-0.1, -0.05) is 28.8 Å². The van der Waals surface area contributed by atoms with E-state index in [4.69, 9.17) is 17.1 Å². The van der Waals surface area contributed by atoms with E-state index >= 15 is 0 Å². The molecule has 0 aliphatic heterocycles. The third-order valence-corrected chi connectivity index (χ3v) is 4.41. The predicted octanol–water partition coefficient (Wildman–Crippen LogP) is 3.92. The van der Waals surface area contributed by atoms with Crippen LogP contribution in [0.1, 0.15) is 15.9 Å². The van der Waals surface area contributed by atoms with E-state index in [9.17, 15) is 9.90 Å². The maximum atomic E-state index is 12.9. The van der Waals surface area contributed by atoms with Crippen molar-refractivity contribution in [2.24, 2.45) is 5.11 Å². The van der Waals surface area contributed by atoms with Crippen molar-refractivity contribution in [3.8, 4) is 17.0 Å². The monoisotopic (exact) mass is 339 g/mol. The van der Waals surface area contributed by atoms with Gasteiger partial charge in [-0.3, -0.25) is 9.48 Å². The zero-order valence-electron chi connectivity index (χ0n) is 12.3. The number of rotatable bonds is 3. The zero-order chi connectivity index (χ0) is 16.8. The third-order valence-electron chi connectivity index (χ3n) is 4.09. The molecule has 24 heavy (non-hydrogen) atoms. The first-order chi connectivity index (χ1) is 11.6. The molecule has 3 aromatic rings. The van der Waals surface area contributed by atoms with Crippen LogP contribution in [0, 0.1) is 0 Å². The number of halogens is 1. The Hall–Kier alpha value is -3.02. The number of aromatic nitrogens is 2. The second kappa shape index (κ2) is 5.26. The van der Waals surface area contributed by atoms with Crippen molar-refractivity contribution in [2.75, 3.05) is 6.54 Å². The summed E-state index contributed by atoms with van der Waals surface area (Å²) >= 11 is 6.25. The van der Waals surface area contributed by atoms with Gasteiger partial charge in [-0.15, -0.1) is 0 Å². The van der Waals surface area contributed by atoms with Crippen molar-refractivity contribution in [1.29, 1.82) is 0 Å². The lowest BCUT2D eigenvalue weighted by molar-refractivity contribution is 0.103. The summed E-state index contributed by atoms with van der Waals surface area (Å²) in [6.45, 7) is 0.621. The standard InChI is InChI=1S/C16H10ClN5O2/c17-9-4-5-10-14-13(9)16(24)12-8(2-1-3-11(12)23)15(14)20-22(10)7-6-19-21-18/h1-5,23H,6-7H2. The van der Waals surface area contributed by atoms with Crippen LogP contribution in [0.4, 0.5) is 0 Å². The molecule has 1 heterocycles. The van der Waals surface area contributed by atoms with Gasteiger partial charge in [0.25, 0.3) is 0 Å². The summed E-state index contributed by atoms with van der Waals surface area (Å²) in [6, 6.07) is 8.30. The number of carbonyl (C=O) groups is 1. The maximum absolute atomic E-state index is 12.9. The minimum absolute atomic E-state index is 0.0974. The number of aromatic hydroxyl groups is 1. The van der Waals surface area contributed by atoms with Gasteiger partial charge in [-0.05, 0) is 23.7 Å². The molecule has 0 saturated carbocycles. The molecule has 4 rings (SSSR count). The maximum Gasteiger partial charge on any atom is 0.199 e. The molecule has 0 atom stereocenters. The summed E-state index contributed by atoms with van der Waals surface area (Å²) in [4.78, 5) is 15.6. The SMILES string of the molecule is [N-]=[N+]=NCCn1nc2c3c(c(Cl)ccc31)C(=O)c1c(O)cccc1-2. The van der Waals surface area contributed by atoms with Gasteiger partial charge in [0, 0.05) is 29.0 Å². The van der Waals surface area contributed by atoms with Gasteiger partial charge < -0.3 is 5.11 Å². The van der Waals surface area contributed by atoms with Gasteiger partial charge in [0.1, 0.15) is 11.4 Å². The molecule has 7 nitrogen and oxygen atoms in total. The molecular weight excluding hydrogens is 330 g/mol. The van der Waals surface area contributed by atoms with Gasteiger partial charge in [-0.2, -0.15) is 5.10 Å². The van der Waals surface area contributed by atoms with Crippen LogP contribution in [-0.4, -0.2) is 27.2 Å². The van der Waals surface area contributed by atoms with Crippen molar-refractivity contribution in [1.82, 2.24) is 9.78 Å². The van der Waals surface area contributed by atoms with E-state index in [1.54, 1.807) is 28.9 Å². The van der Waals surface area contributed by atoms with Crippen LogP contribution < -0.4 is 0 Å². The van der Waals surface area contributed by atoms with Crippen molar-refractivity contribution in [3.63, 3.8) is 0 Å². The number of nitrogens with zero attached hydrogens (tertiary/aromatic N) is 5. The smallest absolute Gasteiger partial charge is 0.199 e. The fourth-order valence-electron chi connectivity index (χ4n) is 3.11. The highest BCUT2D eigenvalue weighted by atomic mass is 35.5. The minimum Gasteiger partial charge on any atom is -0.507 e. The first kappa shape index (κ1) is 14.6. The average molecular weight is 340 g/mol. The van der Waals surface area contributed by atoms with Crippen molar-refractivity contribution in [2.45, 2.75) is 6.54 Å². The Kier molecular flexibility index (Phi) is 3.19. The zero-order valence-corrected chi connectivity index (χ0v) is 13.0. The van der Waals surface area contributed by atoms with E-state index < -0.39 is 0 Å². The number of phenols is 1. The molecule has 118 valence electrons. The van der Waals surface area contributed by atoms with E-state index in [1.807, 2.05) is 0 Å². The summed E-state index contributed by atoms with van der Waals surface area (Å²) in [5.41, 5.74) is 10.9. The number of ketones is 1. The largest absolute Gasteiger partial charge is 0.507 e. The molecule has 0 saturated heterocycles. The summed E-state index contributed by atoms with van der Waals surface area (Å²) in [5, 5.41) is 19.2. The lowest BCUT2D eigenvalue weighted by atomic mass is 9.87. The molecule has 2 aromatic carbocycles. The molecule has 1 aromatic heterocycles. The summed E-state index contributed by atoms with van der Waals surface area (Å²) in [7, 11) is 0. The number of azide groups is 1. The average Bonchev–Trinajstić information content (AvgIpc) is 2.93. The predicted molar refractivity (Wildman–Crippen MR) is 89.3 cm³/mol. The topological polar surface area (TPSA) is 104 Å². The van der Waals surface area contributed by atoms with Gasteiger partial charge in [0.2, 0.25) is 0 Å². The Labute approximate surface area is 140 Å². The van der Waals surface area contributed by atoms with Gasteiger partial charge >= 0.3 is 0 Å². The normalized spacial score (nSPS) is 12.1. The lowest BCUT2D eigenvalue weighted by Crippen LogP contribution is -2.10. The number of fused-ring (bicyclic) bond motifs is 2. The molecule has 1 aliphatic rings. The third kappa shape index (κ3) is 1.89. The van der Waals surface area contributed by atoms with Crippen LogP contribution >= 0.6 is 11.6 Å². The summed E-state index contributed by atoms with van der Waals surface area (Å²) in [6.07, 6.45) is 0. The molecule has 0 spiro atoms. The number of benzene rings is 2. The second-order valence-electron chi connectivity index (χ2n) is 5.37. The Morgan fingerprint density at radius 1 is 1.29 bits per heavy atom. The molecule has 0 amide bonds. The quantitative estimate of drug-likeness (QED) is 0.347. The summed E-state index contributed by atoms with van der Waals surface area (Å²) in [5.74, 6) is -0.416. The van der Waals surface area contributed by atoms with Crippen LogP contribution in [-0.2, 0) is 6.54 Å². The van der Waals surface area contributed by atoms with Gasteiger partial charge in [-0.25, -0.2) is 0 Å². The molecule has 1 aliphatic carbocycles. The molecule has 8 heteroatoms. The van der Waals surface area contributed by atoms with Crippen LogP contribution in [0.15, 0.2) is 35.4 Å². The number of carbonyl (C=O) groups excluding carboxylic acids is 1. The Balaban J connectivity index is 2.07. The first-order valence-corrected chi connectivity index (χ1v) is 7.58. The Morgan fingerprint density at radius 3 is 2.92 bits per heavy atom. The highest BCUT2D eigenvalue weighted by Gasteiger charge is 2.32. The van der Waals surface area contributed by atoms with E-state index in [0.717, 1.165) is 5.52 Å². The molecule has 0 radical (unpaired) electrons. The fraction of sp³-hybridized carbons (Fsp3) is 0.125. The van der Waals surface area contributed by atoms with Crippen molar-refractivity contribution < 1.29 is 9.90 Å². The number of hydrogen-bond acceptors (Lipinski definition) is 4. The van der Waals surface area contributed by atoms with E-state index in [0.29, 0.717) is 33.8 Å². The van der Waals surface area contributed by atoms with Gasteiger partial charge in [0.15, 0.2) is 5.78 Å². The Morgan fingerprint density at radius 2 is 2.12 bits per heavy atom. The molecule has 1 N–H and O–H groups in total. The van der Waals surface area contributed by atoms with Crippen LogP contribution in [0.3, 0.4) is 0 Å². The molecule has 0 bridgehead atoms. The summed E-state index contributed by atoms with van der Waals surface area (Å²) < 4.78 is 1.69. The first-order valence-electron chi connectivity index (χ1n) is 7.20. The minimum atomic E-state index is -0.319. The van der Waals surface area contributed by atoms with Gasteiger partial charge in [0.05, 0.1) is 21.7 Å². The van der Waals surface area contributed by atoms with Crippen molar-refractivity contribution in [3.05, 3.63) is 56.9 Å². The van der Waals surface area contributed by atoms with Crippen LogP contribution in [0.5, 0.6) is 5.75 Å². The molecule has 0 unspecified atom stereocenters. The molecule has 0 fully saturated rings. The van der Waals surface area contributed by atoms with E-state index in [2.05, 4.69) is 15.1 Å². The lowest BCUT2D eigenvalue weighted by Gasteiger charge is -2.16. The number of phenolic OH excluding ortho intramolecular Hbond substituents is 1. The fourth-order valence-corrected chi connectivity index (χ4v) is 3.36. The van der Waals surface area contributed by atoms with Crippen LogP contribution in [0.25, 0.3) is 32.6 Å². The van der Waals surface area contributed by atoms with E-state index in [-0.39, 0.29) is 23.6 Å². The highest BCUT2D eigenvalue weighted by Crippen LogP contribution is 2.44. The molecular formula is C16H10ClN5O2. The second-order valence-corrected chi connectivity index (χ2v) is 5.78. The van der Waals surface area contributed by atoms with E-state index in [1.165, 1.54) is 6.07 Å². The van der Waals surface area contributed by atoms with Crippen LogP contribution in [0.2, 0.25) is 5.02 Å². The van der Waals surface area contributed by atoms with Crippen molar-refractivity contribution >= 4 is 28.3 Å².